The van der Waals surface area contributed by atoms with Gasteiger partial charge in [-0.15, -0.1) is 0 Å². The van der Waals surface area contributed by atoms with Crippen molar-refractivity contribution in [2.45, 2.75) is 51.0 Å². The summed E-state index contributed by atoms with van der Waals surface area (Å²) in [5.41, 5.74) is 9.32. The molecule has 0 amide bonds. The Morgan fingerprint density at radius 2 is 2.11 bits per heavy atom. The lowest BCUT2D eigenvalue weighted by Crippen LogP contribution is -2.48. The number of hydrogen-bond donors (Lipinski definition) is 2. The van der Waals surface area contributed by atoms with E-state index in [1.807, 2.05) is 0 Å². The first kappa shape index (κ1) is 14.0. The minimum Gasteiger partial charge on any atom is -0.328 e. The van der Waals surface area contributed by atoms with E-state index in [1.165, 1.54) is 36.8 Å². The number of rotatable bonds is 3. The highest BCUT2D eigenvalue weighted by molar-refractivity contribution is 7.80. The van der Waals surface area contributed by atoms with Gasteiger partial charge in [-0.25, -0.2) is 0 Å². The van der Waals surface area contributed by atoms with E-state index in [2.05, 4.69) is 38.1 Å². The van der Waals surface area contributed by atoms with Crippen molar-refractivity contribution in [3.63, 3.8) is 0 Å². The van der Waals surface area contributed by atoms with Crippen molar-refractivity contribution >= 4 is 12.6 Å². The van der Waals surface area contributed by atoms with Crippen LogP contribution in [0.2, 0.25) is 0 Å². The molecule has 1 saturated carbocycles. The van der Waals surface area contributed by atoms with Crippen molar-refractivity contribution in [2.75, 3.05) is 5.75 Å². The average Bonchev–Trinajstić information content (AvgIpc) is 2.39. The lowest BCUT2D eigenvalue weighted by Gasteiger charge is -2.46. The predicted octanol–water partition coefficient (Wildman–Crippen LogP) is 3.70. The van der Waals surface area contributed by atoms with E-state index < -0.39 is 0 Å². The van der Waals surface area contributed by atoms with Gasteiger partial charge in [0.25, 0.3) is 0 Å². The molecule has 2 N–H and O–H groups in total. The van der Waals surface area contributed by atoms with Crippen LogP contribution in [0, 0.1) is 12.8 Å². The Balaban J connectivity index is 2.48. The summed E-state index contributed by atoms with van der Waals surface area (Å²) in [6.45, 7) is 4.37. The van der Waals surface area contributed by atoms with Gasteiger partial charge in [-0.2, -0.15) is 12.6 Å². The molecule has 0 aromatic heterocycles. The van der Waals surface area contributed by atoms with Crippen molar-refractivity contribution in [3.05, 3.63) is 35.4 Å². The molecule has 0 bridgehead atoms. The molecular weight excluding hydrogens is 238 g/mol. The summed E-state index contributed by atoms with van der Waals surface area (Å²) in [6.07, 6.45) is 5.09. The molecule has 0 heterocycles. The lowest BCUT2D eigenvalue weighted by atomic mass is 9.61. The summed E-state index contributed by atoms with van der Waals surface area (Å²) >= 11 is 4.71. The molecule has 100 valence electrons. The Morgan fingerprint density at radius 3 is 2.72 bits per heavy atom. The second-order valence-corrected chi connectivity index (χ2v) is 6.16. The third kappa shape index (κ3) is 2.33. The van der Waals surface area contributed by atoms with Gasteiger partial charge in [-0.1, -0.05) is 37.1 Å². The molecule has 1 aliphatic carbocycles. The molecule has 0 aliphatic heterocycles. The molecule has 0 spiro atoms. The largest absolute Gasteiger partial charge is 0.328 e. The first-order valence-electron chi connectivity index (χ1n) is 7.04. The summed E-state index contributed by atoms with van der Waals surface area (Å²) in [7, 11) is 0. The maximum atomic E-state index is 6.27. The zero-order valence-corrected chi connectivity index (χ0v) is 12.4. The van der Waals surface area contributed by atoms with Gasteiger partial charge in [0, 0.05) is 17.2 Å². The van der Waals surface area contributed by atoms with Gasteiger partial charge in [0.2, 0.25) is 0 Å². The fraction of sp³-hybridized carbons (Fsp3) is 0.625. The minimum atomic E-state index is 0.181. The second-order valence-electron chi connectivity index (χ2n) is 5.84. The molecule has 1 aromatic rings. The normalized spacial score (nSPS) is 30.1. The van der Waals surface area contributed by atoms with Crippen LogP contribution in [0.15, 0.2) is 24.3 Å². The molecule has 1 unspecified atom stereocenters. The summed E-state index contributed by atoms with van der Waals surface area (Å²) in [5.74, 6) is 1.47. The fourth-order valence-electron chi connectivity index (χ4n) is 3.78. The topological polar surface area (TPSA) is 26.0 Å². The summed E-state index contributed by atoms with van der Waals surface area (Å²) < 4.78 is 0. The third-order valence-electron chi connectivity index (χ3n) is 4.70. The molecule has 0 saturated heterocycles. The van der Waals surface area contributed by atoms with E-state index in [0.29, 0.717) is 5.92 Å². The van der Waals surface area contributed by atoms with E-state index in [0.717, 1.165) is 5.75 Å². The summed E-state index contributed by atoms with van der Waals surface area (Å²) in [5, 5.41) is 0. The molecule has 1 aliphatic rings. The Labute approximate surface area is 117 Å². The molecule has 1 nitrogen and oxygen atoms in total. The van der Waals surface area contributed by atoms with Gasteiger partial charge < -0.3 is 5.73 Å². The average molecular weight is 263 g/mol. The maximum absolute atomic E-state index is 6.27. The van der Waals surface area contributed by atoms with E-state index >= 15 is 0 Å². The standard InChI is InChI=1S/C16H25NS/c1-12-7-3-4-8-14(12)16(11-18)10-6-5-9-15(16)13(2)17/h3-4,7-8,13,15,18H,5-6,9-11,17H2,1-2H3/t13-,15?,16+/m1/s1. The van der Waals surface area contributed by atoms with Crippen molar-refractivity contribution in [1.82, 2.24) is 0 Å². The zero-order chi connectivity index (χ0) is 13.2. The molecule has 1 aromatic carbocycles. The minimum absolute atomic E-state index is 0.181. The Hall–Kier alpha value is -0.470. The second kappa shape index (κ2) is 5.66. The number of benzene rings is 1. The van der Waals surface area contributed by atoms with E-state index in [9.17, 15) is 0 Å². The Kier molecular flexibility index (Phi) is 4.39. The van der Waals surface area contributed by atoms with Crippen molar-refractivity contribution < 1.29 is 0 Å². The molecule has 0 radical (unpaired) electrons. The van der Waals surface area contributed by atoms with Crippen LogP contribution in [0.4, 0.5) is 0 Å². The SMILES string of the molecule is Cc1ccccc1[C@@]1(CS)CCCCC1[C@@H](C)N. The summed E-state index contributed by atoms with van der Waals surface area (Å²) in [4.78, 5) is 0. The number of thiol groups is 1. The van der Waals surface area contributed by atoms with Crippen LogP contribution in [0.1, 0.15) is 43.7 Å². The monoisotopic (exact) mass is 263 g/mol. The molecule has 18 heavy (non-hydrogen) atoms. The van der Waals surface area contributed by atoms with E-state index in [-0.39, 0.29) is 11.5 Å². The fourth-order valence-corrected chi connectivity index (χ4v) is 4.34. The maximum Gasteiger partial charge on any atom is 0.00864 e. The zero-order valence-electron chi connectivity index (χ0n) is 11.5. The lowest BCUT2D eigenvalue weighted by molar-refractivity contribution is 0.182. The van der Waals surface area contributed by atoms with Gasteiger partial charge in [0.15, 0.2) is 0 Å². The van der Waals surface area contributed by atoms with Gasteiger partial charge in [-0.05, 0) is 43.7 Å². The van der Waals surface area contributed by atoms with E-state index in [4.69, 9.17) is 18.4 Å². The van der Waals surface area contributed by atoms with Crippen molar-refractivity contribution in [1.29, 1.82) is 0 Å². The Bertz CT molecular complexity index is 402. The van der Waals surface area contributed by atoms with Crippen LogP contribution in [-0.2, 0) is 5.41 Å². The quantitative estimate of drug-likeness (QED) is 0.799. The van der Waals surface area contributed by atoms with Crippen LogP contribution in [0.25, 0.3) is 0 Å². The van der Waals surface area contributed by atoms with Crippen LogP contribution >= 0.6 is 12.6 Å². The molecule has 3 atom stereocenters. The molecule has 2 rings (SSSR count). The molecule has 1 fully saturated rings. The van der Waals surface area contributed by atoms with Crippen LogP contribution in [-0.4, -0.2) is 11.8 Å². The van der Waals surface area contributed by atoms with Crippen LogP contribution in [0.3, 0.4) is 0 Å². The number of nitrogens with two attached hydrogens (primary N) is 1. The first-order chi connectivity index (χ1) is 8.62. The van der Waals surface area contributed by atoms with Crippen LogP contribution < -0.4 is 5.73 Å². The Morgan fingerprint density at radius 1 is 1.39 bits per heavy atom. The predicted molar refractivity (Wildman–Crippen MR) is 82.3 cm³/mol. The third-order valence-corrected chi connectivity index (χ3v) is 5.26. The van der Waals surface area contributed by atoms with Crippen LogP contribution in [0.5, 0.6) is 0 Å². The highest BCUT2D eigenvalue weighted by atomic mass is 32.1. The van der Waals surface area contributed by atoms with Gasteiger partial charge in [0.1, 0.15) is 0 Å². The van der Waals surface area contributed by atoms with Gasteiger partial charge in [-0.3, -0.25) is 0 Å². The molecule has 2 heteroatoms. The number of aryl methyl sites for hydroxylation is 1. The first-order valence-corrected chi connectivity index (χ1v) is 7.67. The number of hydrogen-bond acceptors (Lipinski definition) is 2. The molecular formula is C16H25NS. The van der Waals surface area contributed by atoms with Crippen molar-refractivity contribution in [3.8, 4) is 0 Å². The summed E-state index contributed by atoms with van der Waals surface area (Å²) in [6, 6.07) is 9.02. The van der Waals surface area contributed by atoms with Gasteiger partial charge >= 0.3 is 0 Å². The highest BCUT2D eigenvalue weighted by Crippen LogP contribution is 2.46. The van der Waals surface area contributed by atoms with E-state index in [1.54, 1.807) is 0 Å². The smallest absolute Gasteiger partial charge is 0.00864 e. The highest BCUT2D eigenvalue weighted by Gasteiger charge is 2.43. The van der Waals surface area contributed by atoms with Gasteiger partial charge in [0.05, 0.1) is 0 Å². The van der Waals surface area contributed by atoms with Crippen molar-refractivity contribution in [2.24, 2.45) is 11.7 Å².